The Morgan fingerprint density at radius 2 is 1.70 bits per heavy atom. The van der Waals surface area contributed by atoms with Gasteiger partial charge in [0.25, 0.3) is 0 Å². The van der Waals surface area contributed by atoms with Crippen molar-refractivity contribution in [2.75, 3.05) is 55.7 Å². The number of hydrogen-bond donors (Lipinski definition) is 0. The van der Waals surface area contributed by atoms with Crippen LogP contribution in [0.15, 0.2) is 72.8 Å². The molecular formula is C41H47N7O6. The summed E-state index contributed by atoms with van der Waals surface area (Å²) in [5.41, 5.74) is 3.22. The van der Waals surface area contributed by atoms with Gasteiger partial charge in [-0.1, -0.05) is 66.7 Å². The number of amides is 2. The van der Waals surface area contributed by atoms with E-state index in [1.54, 1.807) is 9.80 Å². The van der Waals surface area contributed by atoms with Gasteiger partial charge in [-0.3, -0.25) is 4.90 Å². The second-order valence-corrected chi connectivity index (χ2v) is 14.8. The van der Waals surface area contributed by atoms with Gasteiger partial charge in [0.1, 0.15) is 24.6 Å². The van der Waals surface area contributed by atoms with E-state index in [4.69, 9.17) is 28.9 Å². The molecule has 2 fully saturated rings. The number of nitrogens with zero attached hydrogens (tertiary/aromatic N) is 7. The van der Waals surface area contributed by atoms with Gasteiger partial charge in [0, 0.05) is 49.4 Å². The van der Waals surface area contributed by atoms with Crippen molar-refractivity contribution in [3.8, 4) is 12.1 Å². The van der Waals surface area contributed by atoms with E-state index < -0.39 is 30.1 Å². The van der Waals surface area contributed by atoms with E-state index in [2.05, 4.69) is 52.3 Å². The summed E-state index contributed by atoms with van der Waals surface area (Å²) in [6, 6.07) is 26.3. The molecule has 13 nitrogen and oxygen atoms in total. The zero-order valence-electron chi connectivity index (χ0n) is 31.1. The Balaban J connectivity index is 1.15. The maximum Gasteiger partial charge on any atom is 0.412 e. The third-order valence-electron chi connectivity index (χ3n) is 9.86. The van der Waals surface area contributed by atoms with Crippen LogP contribution >= 0.6 is 0 Å². The molecule has 54 heavy (non-hydrogen) atoms. The van der Waals surface area contributed by atoms with Gasteiger partial charge in [-0.05, 0) is 50.6 Å². The molecule has 0 bridgehead atoms. The number of benzene rings is 3. The van der Waals surface area contributed by atoms with Crippen molar-refractivity contribution >= 4 is 34.5 Å². The van der Waals surface area contributed by atoms with E-state index in [-0.39, 0.29) is 25.6 Å². The number of ether oxygens (including phenoxy) is 4. The monoisotopic (exact) mass is 733 g/mol. The van der Waals surface area contributed by atoms with Crippen LogP contribution in [0.2, 0.25) is 0 Å². The molecule has 7 rings (SSSR count). The minimum absolute atomic E-state index is 0.0165. The highest BCUT2D eigenvalue weighted by Crippen LogP contribution is 2.35. The number of piperazine rings is 1. The average Bonchev–Trinajstić information content (AvgIpc) is 3.18. The molecule has 282 valence electrons. The van der Waals surface area contributed by atoms with Gasteiger partial charge in [-0.15, -0.1) is 0 Å². The van der Waals surface area contributed by atoms with Crippen LogP contribution in [0.25, 0.3) is 10.8 Å². The first-order chi connectivity index (χ1) is 26.2. The van der Waals surface area contributed by atoms with Crippen LogP contribution in [0.3, 0.4) is 0 Å². The highest BCUT2D eigenvalue weighted by atomic mass is 16.6. The van der Waals surface area contributed by atoms with Crippen LogP contribution in [0.1, 0.15) is 50.4 Å². The summed E-state index contributed by atoms with van der Waals surface area (Å²) in [5, 5.41) is 12.1. The van der Waals surface area contributed by atoms with Gasteiger partial charge in [0.05, 0.1) is 37.4 Å². The van der Waals surface area contributed by atoms with Crippen LogP contribution in [-0.2, 0) is 33.8 Å². The van der Waals surface area contributed by atoms with Gasteiger partial charge in [0.15, 0.2) is 6.23 Å². The van der Waals surface area contributed by atoms with Gasteiger partial charge in [-0.25, -0.2) is 9.59 Å². The number of hydrogen-bond acceptors (Lipinski definition) is 11. The fourth-order valence-corrected chi connectivity index (χ4v) is 7.28. The first kappa shape index (κ1) is 36.7. The minimum Gasteiger partial charge on any atom is -0.459 e. The molecule has 2 amide bonds. The summed E-state index contributed by atoms with van der Waals surface area (Å²) in [6.07, 6.45) is -0.0578. The molecule has 4 aromatic rings. The summed E-state index contributed by atoms with van der Waals surface area (Å²) in [7, 11) is 0. The van der Waals surface area contributed by atoms with Gasteiger partial charge < -0.3 is 33.6 Å². The smallest absolute Gasteiger partial charge is 0.412 e. The molecule has 3 aliphatic rings. The van der Waals surface area contributed by atoms with Gasteiger partial charge >= 0.3 is 18.2 Å². The predicted octanol–water partition coefficient (Wildman–Crippen LogP) is 6.30. The fraction of sp³-hybridized carbons (Fsp3) is 0.439. The van der Waals surface area contributed by atoms with Crippen molar-refractivity contribution in [3.05, 3.63) is 89.6 Å². The summed E-state index contributed by atoms with van der Waals surface area (Å²) in [4.78, 5) is 44.0. The Morgan fingerprint density at radius 1 is 0.907 bits per heavy atom. The molecule has 3 aliphatic heterocycles. The Bertz CT molecular complexity index is 1990. The third-order valence-corrected chi connectivity index (χ3v) is 9.86. The van der Waals surface area contributed by atoms with Crippen molar-refractivity contribution in [2.45, 2.75) is 71.1 Å². The van der Waals surface area contributed by atoms with E-state index in [0.29, 0.717) is 52.2 Å². The quantitative estimate of drug-likeness (QED) is 0.202. The number of nitriles is 1. The second-order valence-electron chi connectivity index (χ2n) is 14.8. The lowest BCUT2D eigenvalue weighted by atomic mass is 10.0. The summed E-state index contributed by atoms with van der Waals surface area (Å²) in [6.45, 7) is 9.17. The Morgan fingerprint density at radius 3 is 2.52 bits per heavy atom. The molecule has 2 atom stereocenters. The van der Waals surface area contributed by atoms with Crippen molar-refractivity contribution in [1.82, 2.24) is 19.8 Å². The number of anilines is 2. The molecule has 1 aromatic heterocycles. The van der Waals surface area contributed by atoms with Crippen LogP contribution in [0.5, 0.6) is 6.01 Å². The van der Waals surface area contributed by atoms with Crippen LogP contribution in [0, 0.1) is 11.3 Å². The molecule has 0 radical (unpaired) electrons. The van der Waals surface area contributed by atoms with E-state index in [9.17, 15) is 14.9 Å². The first-order valence-corrected chi connectivity index (χ1v) is 18.6. The Hall–Kier alpha value is -5.61. The number of fused-ring (bicyclic) bond motifs is 2. The number of carbonyl (C=O) groups is 2. The average molecular weight is 734 g/mol. The number of aromatic nitrogens is 2. The highest BCUT2D eigenvalue weighted by molar-refractivity contribution is 5.94. The van der Waals surface area contributed by atoms with Gasteiger partial charge in [-0.2, -0.15) is 15.2 Å². The van der Waals surface area contributed by atoms with E-state index in [0.717, 1.165) is 34.9 Å². The molecule has 0 N–H and O–H groups in total. The van der Waals surface area contributed by atoms with E-state index in [1.165, 1.54) is 10.8 Å². The van der Waals surface area contributed by atoms with E-state index in [1.807, 2.05) is 57.2 Å². The minimum atomic E-state index is -0.672. The van der Waals surface area contributed by atoms with Gasteiger partial charge in [0.2, 0.25) is 0 Å². The lowest BCUT2D eigenvalue weighted by molar-refractivity contribution is -0.111. The van der Waals surface area contributed by atoms with E-state index >= 15 is 0 Å². The Labute approximate surface area is 316 Å². The second kappa shape index (κ2) is 16.2. The van der Waals surface area contributed by atoms with Crippen molar-refractivity contribution < 1.29 is 28.5 Å². The van der Waals surface area contributed by atoms with Crippen molar-refractivity contribution in [3.63, 3.8) is 0 Å². The molecule has 0 spiro atoms. The summed E-state index contributed by atoms with van der Waals surface area (Å²) >= 11 is 0. The largest absolute Gasteiger partial charge is 0.459 e. The standard InChI is InChI=1S/C41H47N7O6/c1-41(2,3)54-40(50)48-20-10-24-51-36(48)28-52-38-43-34-26-45(35-16-9-14-30-13-7-8-15-32(30)35)21-18-33(34)37(44-38)46-22-23-47(31(25-46)17-19-42)39(49)53-27-29-11-5-4-6-12-29/h4-9,11-16,31,36H,10,17-18,20-28H2,1-3H3/t31?,36-/m1/s1. The summed E-state index contributed by atoms with van der Waals surface area (Å²) < 4.78 is 23.6. The highest BCUT2D eigenvalue weighted by Gasteiger charge is 2.36. The molecule has 3 aromatic carbocycles. The maximum absolute atomic E-state index is 13.3. The summed E-state index contributed by atoms with van der Waals surface area (Å²) in [5.74, 6) is 0.723. The zero-order valence-corrected chi connectivity index (χ0v) is 31.1. The first-order valence-electron chi connectivity index (χ1n) is 18.6. The maximum atomic E-state index is 13.3. The van der Waals surface area contributed by atoms with Crippen LogP contribution in [-0.4, -0.2) is 95.8 Å². The number of rotatable bonds is 8. The molecule has 1 unspecified atom stereocenters. The lowest BCUT2D eigenvalue weighted by Crippen LogP contribution is -2.55. The number of carbonyl (C=O) groups excluding carboxylic acids is 2. The SMILES string of the molecule is CC(C)(C)OC(=O)N1CCCO[C@@H]1COc1nc2c(c(N3CCN(C(=O)OCc4ccccc4)C(CC#N)C3)n1)CCN(c1cccc3ccccc13)C2. The lowest BCUT2D eigenvalue weighted by Gasteiger charge is -2.42. The molecule has 2 saturated heterocycles. The molecular weight excluding hydrogens is 686 g/mol. The Kier molecular flexibility index (Phi) is 11.0. The normalized spacial score (nSPS) is 18.9. The molecule has 13 heteroatoms. The van der Waals surface area contributed by atoms with Crippen LogP contribution in [0.4, 0.5) is 21.1 Å². The topological polar surface area (TPSA) is 134 Å². The van der Waals surface area contributed by atoms with Crippen LogP contribution < -0.4 is 14.5 Å². The predicted molar refractivity (Wildman–Crippen MR) is 203 cm³/mol. The zero-order chi connectivity index (χ0) is 37.7. The third kappa shape index (κ3) is 8.44. The van der Waals surface area contributed by atoms with Crippen molar-refractivity contribution in [2.24, 2.45) is 0 Å². The molecule has 4 heterocycles. The molecule has 0 saturated carbocycles. The van der Waals surface area contributed by atoms with Crippen molar-refractivity contribution in [1.29, 1.82) is 5.26 Å². The fourth-order valence-electron chi connectivity index (χ4n) is 7.28. The molecule has 0 aliphatic carbocycles.